The molecule has 0 radical (unpaired) electrons. The van der Waals surface area contributed by atoms with Crippen molar-refractivity contribution in [2.45, 2.75) is 37.5 Å². The maximum atomic E-state index is 12.9. The van der Waals surface area contributed by atoms with Gasteiger partial charge < -0.3 is 9.42 Å². The number of rotatable bonds is 5. The van der Waals surface area contributed by atoms with Gasteiger partial charge in [0.05, 0.1) is 17.8 Å². The number of thioether (sulfide) groups is 1. The quantitative estimate of drug-likeness (QED) is 0.766. The van der Waals surface area contributed by atoms with Gasteiger partial charge in [0, 0.05) is 42.4 Å². The Labute approximate surface area is 153 Å². The van der Waals surface area contributed by atoms with Crippen LogP contribution in [0.25, 0.3) is 0 Å². The number of hydrogen-bond acceptors (Lipinski definition) is 5. The normalized spacial score (nSPS) is 15.8. The van der Waals surface area contributed by atoms with Crippen LogP contribution in [0.5, 0.6) is 0 Å². The van der Waals surface area contributed by atoms with Gasteiger partial charge in [0.1, 0.15) is 0 Å². The van der Waals surface area contributed by atoms with Crippen molar-refractivity contribution in [1.82, 2.24) is 15.0 Å². The molecule has 134 valence electrons. The lowest BCUT2D eigenvalue weighted by Crippen LogP contribution is -2.48. The molecule has 5 nitrogen and oxygen atoms in total. The van der Waals surface area contributed by atoms with E-state index in [1.165, 1.54) is 0 Å². The van der Waals surface area contributed by atoms with Crippen LogP contribution in [0.2, 0.25) is 0 Å². The predicted molar refractivity (Wildman–Crippen MR) is 99.9 cm³/mol. The van der Waals surface area contributed by atoms with Gasteiger partial charge in [-0.3, -0.25) is 9.69 Å². The monoisotopic (exact) mass is 359 g/mol. The standard InChI is InChI=1S/C19H25N3O2S/c1-14(2)25-18-7-5-4-6-17(18)19(23)22-10-8-21(9-11-22)13-16-12-15(3)20-24-16/h4-7,12,14H,8-11,13H2,1-3H3. The largest absolute Gasteiger partial charge is 0.360 e. The maximum absolute atomic E-state index is 12.9. The fourth-order valence-corrected chi connectivity index (χ4v) is 3.94. The Balaban J connectivity index is 1.60. The molecule has 25 heavy (non-hydrogen) atoms. The summed E-state index contributed by atoms with van der Waals surface area (Å²) in [6.45, 7) is 10.2. The average Bonchev–Trinajstić information content (AvgIpc) is 3.00. The summed E-state index contributed by atoms with van der Waals surface area (Å²) in [6, 6.07) is 9.90. The number of aromatic nitrogens is 1. The molecule has 1 aliphatic rings. The van der Waals surface area contributed by atoms with Crippen molar-refractivity contribution in [1.29, 1.82) is 0 Å². The van der Waals surface area contributed by atoms with E-state index in [0.29, 0.717) is 5.25 Å². The highest BCUT2D eigenvalue weighted by atomic mass is 32.2. The fourth-order valence-electron chi connectivity index (χ4n) is 2.99. The van der Waals surface area contributed by atoms with E-state index in [0.717, 1.165) is 54.6 Å². The van der Waals surface area contributed by atoms with Crippen LogP contribution in [0.15, 0.2) is 39.8 Å². The number of hydrogen-bond donors (Lipinski definition) is 0. The Kier molecular flexibility index (Phi) is 5.81. The Morgan fingerprint density at radius 3 is 2.60 bits per heavy atom. The van der Waals surface area contributed by atoms with Crippen LogP contribution in [0.3, 0.4) is 0 Å². The molecule has 1 saturated heterocycles. The van der Waals surface area contributed by atoms with Gasteiger partial charge in [0.25, 0.3) is 5.91 Å². The molecule has 1 aromatic carbocycles. The maximum Gasteiger partial charge on any atom is 0.255 e. The minimum Gasteiger partial charge on any atom is -0.360 e. The number of amides is 1. The van der Waals surface area contributed by atoms with Gasteiger partial charge in [-0.25, -0.2) is 0 Å². The molecule has 1 aromatic heterocycles. The molecule has 6 heteroatoms. The SMILES string of the molecule is Cc1cc(CN2CCN(C(=O)c3ccccc3SC(C)C)CC2)on1. The van der Waals surface area contributed by atoms with Gasteiger partial charge in [-0.05, 0) is 19.1 Å². The second kappa shape index (κ2) is 8.06. The molecule has 0 saturated carbocycles. The first-order valence-electron chi connectivity index (χ1n) is 8.72. The average molecular weight is 359 g/mol. The summed E-state index contributed by atoms with van der Waals surface area (Å²) in [5.74, 6) is 1.02. The summed E-state index contributed by atoms with van der Waals surface area (Å²) < 4.78 is 5.29. The highest BCUT2D eigenvalue weighted by Gasteiger charge is 2.24. The molecule has 2 aromatic rings. The zero-order valence-electron chi connectivity index (χ0n) is 15.1. The van der Waals surface area contributed by atoms with E-state index in [2.05, 4.69) is 23.9 Å². The molecule has 1 aliphatic heterocycles. The minimum atomic E-state index is 0.138. The molecule has 0 atom stereocenters. The molecule has 1 fully saturated rings. The zero-order valence-corrected chi connectivity index (χ0v) is 15.9. The van der Waals surface area contributed by atoms with Crippen LogP contribution in [0.4, 0.5) is 0 Å². The van der Waals surface area contributed by atoms with E-state index in [1.807, 2.05) is 42.2 Å². The lowest BCUT2D eigenvalue weighted by molar-refractivity contribution is 0.0614. The highest BCUT2D eigenvalue weighted by Crippen LogP contribution is 2.27. The van der Waals surface area contributed by atoms with Crippen molar-refractivity contribution in [2.24, 2.45) is 0 Å². The van der Waals surface area contributed by atoms with Crippen molar-refractivity contribution in [3.8, 4) is 0 Å². The Bertz CT molecular complexity index is 721. The first-order valence-corrected chi connectivity index (χ1v) is 9.60. The number of carbonyl (C=O) groups is 1. The number of benzene rings is 1. The van der Waals surface area contributed by atoms with E-state index in [1.54, 1.807) is 11.8 Å². The van der Waals surface area contributed by atoms with Crippen molar-refractivity contribution in [3.05, 3.63) is 47.3 Å². The third-order valence-corrected chi connectivity index (χ3v) is 5.28. The van der Waals surface area contributed by atoms with Crippen LogP contribution in [-0.2, 0) is 6.54 Å². The van der Waals surface area contributed by atoms with Gasteiger partial charge in [0.2, 0.25) is 0 Å². The Hall–Kier alpha value is -1.79. The molecule has 2 heterocycles. The Morgan fingerprint density at radius 2 is 1.96 bits per heavy atom. The molecule has 0 unspecified atom stereocenters. The molecule has 0 aliphatic carbocycles. The summed E-state index contributed by atoms with van der Waals surface area (Å²) in [6.07, 6.45) is 0. The van der Waals surface area contributed by atoms with Crippen LogP contribution in [0, 0.1) is 6.92 Å². The summed E-state index contributed by atoms with van der Waals surface area (Å²) in [5, 5.41) is 4.38. The summed E-state index contributed by atoms with van der Waals surface area (Å²) in [7, 11) is 0. The van der Waals surface area contributed by atoms with E-state index in [4.69, 9.17) is 4.52 Å². The van der Waals surface area contributed by atoms with Crippen molar-refractivity contribution in [2.75, 3.05) is 26.2 Å². The summed E-state index contributed by atoms with van der Waals surface area (Å²) in [4.78, 5) is 18.3. The second-order valence-electron chi connectivity index (χ2n) is 6.67. The van der Waals surface area contributed by atoms with Crippen LogP contribution >= 0.6 is 11.8 Å². The first-order chi connectivity index (χ1) is 12.0. The lowest BCUT2D eigenvalue weighted by atomic mass is 10.1. The predicted octanol–water partition coefficient (Wildman–Crippen LogP) is 3.44. The van der Waals surface area contributed by atoms with E-state index in [9.17, 15) is 4.79 Å². The van der Waals surface area contributed by atoms with Crippen molar-refractivity contribution >= 4 is 17.7 Å². The lowest BCUT2D eigenvalue weighted by Gasteiger charge is -2.34. The van der Waals surface area contributed by atoms with E-state index in [-0.39, 0.29) is 5.91 Å². The van der Waals surface area contributed by atoms with Gasteiger partial charge in [-0.2, -0.15) is 0 Å². The molecule has 0 spiro atoms. The van der Waals surface area contributed by atoms with E-state index < -0.39 is 0 Å². The summed E-state index contributed by atoms with van der Waals surface area (Å²) in [5.41, 5.74) is 1.73. The fraction of sp³-hybridized carbons (Fsp3) is 0.474. The minimum absolute atomic E-state index is 0.138. The third-order valence-electron chi connectivity index (χ3n) is 4.20. The van der Waals surface area contributed by atoms with Gasteiger partial charge in [0.15, 0.2) is 5.76 Å². The smallest absolute Gasteiger partial charge is 0.255 e. The van der Waals surface area contributed by atoms with Crippen LogP contribution < -0.4 is 0 Å². The Morgan fingerprint density at radius 1 is 1.24 bits per heavy atom. The molecule has 0 N–H and O–H groups in total. The highest BCUT2D eigenvalue weighted by molar-refractivity contribution is 8.00. The first kappa shape index (κ1) is 18.0. The van der Waals surface area contributed by atoms with Crippen LogP contribution in [0.1, 0.15) is 35.7 Å². The molecule has 1 amide bonds. The number of aryl methyl sites for hydroxylation is 1. The third kappa shape index (κ3) is 4.64. The van der Waals surface area contributed by atoms with E-state index >= 15 is 0 Å². The number of piperazine rings is 1. The van der Waals surface area contributed by atoms with Gasteiger partial charge in [-0.15, -0.1) is 11.8 Å². The number of carbonyl (C=O) groups excluding carboxylic acids is 1. The summed E-state index contributed by atoms with van der Waals surface area (Å²) >= 11 is 1.74. The van der Waals surface area contributed by atoms with Gasteiger partial charge >= 0.3 is 0 Å². The number of nitrogens with zero attached hydrogens (tertiary/aromatic N) is 3. The van der Waals surface area contributed by atoms with Gasteiger partial charge in [-0.1, -0.05) is 31.1 Å². The molecular weight excluding hydrogens is 334 g/mol. The van der Waals surface area contributed by atoms with Crippen molar-refractivity contribution < 1.29 is 9.32 Å². The van der Waals surface area contributed by atoms with Crippen LogP contribution in [-0.4, -0.2) is 52.3 Å². The second-order valence-corrected chi connectivity index (χ2v) is 8.28. The molecule has 0 bridgehead atoms. The zero-order chi connectivity index (χ0) is 17.8. The molecular formula is C19H25N3O2S. The molecule has 3 rings (SSSR count). The van der Waals surface area contributed by atoms with Crippen molar-refractivity contribution in [3.63, 3.8) is 0 Å². The topological polar surface area (TPSA) is 49.6 Å².